The van der Waals surface area contributed by atoms with Gasteiger partial charge in [-0.3, -0.25) is 0 Å². The zero-order valence-corrected chi connectivity index (χ0v) is 16.9. The van der Waals surface area contributed by atoms with Crippen LogP contribution in [0, 0.1) is 0 Å². The molecule has 2 aromatic carbocycles. The summed E-state index contributed by atoms with van der Waals surface area (Å²) < 4.78 is 3.27. The van der Waals surface area contributed by atoms with Crippen molar-refractivity contribution < 1.29 is 0 Å². The molecular formula is C23H27NS2. The predicted molar refractivity (Wildman–Crippen MR) is 118 cm³/mol. The van der Waals surface area contributed by atoms with Gasteiger partial charge in [-0.15, -0.1) is 23.5 Å². The van der Waals surface area contributed by atoms with Crippen LogP contribution in [-0.2, 0) is 13.0 Å². The van der Waals surface area contributed by atoms with E-state index in [0.717, 1.165) is 11.1 Å². The highest BCUT2D eigenvalue weighted by atomic mass is 32.2. The molecule has 3 heteroatoms. The van der Waals surface area contributed by atoms with Crippen molar-refractivity contribution in [2.24, 2.45) is 0 Å². The van der Waals surface area contributed by atoms with Crippen molar-refractivity contribution in [1.82, 2.24) is 4.57 Å². The van der Waals surface area contributed by atoms with Gasteiger partial charge in [-0.1, -0.05) is 55.0 Å². The van der Waals surface area contributed by atoms with Gasteiger partial charge in [0.05, 0.1) is 4.58 Å². The van der Waals surface area contributed by atoms with Crippen LogP contribution in [0.15, 0.2) is 60.8 Å². The van der Waals surface area contributed by atoms with Gasteiger partial charge in [0.1, 0.15) is 0 Å². The fraction of sp³-hybridized carbons (Fsp3) is 0.391. The van der Waals surface area contributed by atoms with Gasteiger partial charge < -0.3 is 4.57 Å². The Morgan fingerprint density at radius 2 is 1.85 bits per heavy atom. The molecule has 1 aliphatic heterocycles. The molecule has 0 aliphatic carbocycles. The Morgan fingerprint density at radius 1 is 1.00 bits per heavy atom. The number of fused-ring (bicyclic) bond motifs is 1. The number of rotatable bonds is 7. The van der Waals surface area contributed by atoms with Gasteiger partial charge in [0.25, 0.3) is 0 Å². The van der Waals surface area contributed by atoms with E-state index in [1.807, 2.05) is 0 Å². The standard InChI is InChI=1S/C23H27NS2/c1-2-9-19(10-3-1)17-24-18-20(21-12-4-5-13-22(21)24)11-8-16-26-23-14-6-7-15-25-23/h1-5,9-10,12-13,18,23H,6-8,11,14-17H2. The highest BCUT2D eigenvalue weighted by Crippen LogP contribution is 2.34. The molecule has 4 rings (SSSR count). The number of hydrogen-bond donors (Lipinski definition) is 0. The summed E-state index contributed by atoms with van der Waals surface area (Å²) in [6, 6.07) is 19.6. The lowest BCUT2D eigenvalue weighted by Crippen LogP contribution is -2.06. The molecule has 0 bridgehead atoms. The van der Waals surface area contributed by atoms with Crippen molar-refractivity contribution in [2.75, 3.05) is 11.5 Å². The van der Waals surface area contributed by atoms with Crippen LogP contribution in [0.2, 0.25) is 0 Å². The average Bonchev–Trinajstić information content (AvgIpc) is 3.05. The van der Waals surface area contributed by atoms with Crippen LogP contribution in [-0.4, -0.2) is 20.7 Å². The summed E-state index contributed by atoms with van der Waals surface area (Å²) in [6.07, 6.45) is 9.11. The number of aromatic nitrogens is 1. The molecule has 0 radical (unpaired) electrons. The zero-order chi connectivity index (χ0) is 17.6. The summed E-state index contributed by atoms with van der Waals surface area (Å²) in [5, 5.41) is 1.43. The second-order valence-corrected chi connectivity index (χ2v) is 9.98. The Morgan fingerprint density at radius 3 is 2.69 bits per heavy atom. The average molecular weight is 382 g/mol. The minimum absolute atomic E-state index is 0.850. The maximum absolute atomic E-state index is 2.42. The normalized spacial score (nSPS) is 17.6. The van der Waals surface area contributed by atoms with Crippen LogP contribution < -0.4 is 0 Å². The Labute approximate surface area is 165 Å². The second kappa shape index (κ2) is 9.05. The molecule has 3 aromatic rings. The molecule has 1 aromatic heterocycles. The van der Waals surface area contributed by atoms with E-state index in [2.05, 4.69) is 88.9 Å². The van der Waals surface area contributed by atoms with Crippen molar-refractivity contribution in [3.8, 4) is 0 Å². The summed E-state index contributed by atoms with van der Waals surface area (Å²) in [4.78, 5) is 0. The van der Waals surface area contributed by atoms with Gasteiger partial charge >= 0.3 is 0 Å². The summed E-state index contributed by atoms with van der Waals surface area (Å²) >= 11 is 4.36. The maximum atomic E-state index is 2.42. The highest BCUT2D eigenvalue weighted by Gasteiger charge is 2.14. The van der Waals surface area contributed by atoms with E-state index in [9.17, 15) is 0 Å². The molecule has 2 heterocycles. The fourth-order valence-corrected chi connectivity index (χ4v) is 6.59. The molecule has 1 atom stereocenters. The van der Waals surface area contributed by atoms with Gasteiger partial charge in [-0.2, -0.15) is 0 Å². The van der Waals surface area contributed by atoms with E-state index in [-0.39, 0.29) is 0 Å². The minimum Gasteiger partial charge on any atom is -0.343 e. The molecule has 26 heavy (non-hydrogen) atoms. The van der Waals surface area contributed by atoms with Crippen molar-refractivity contribution in [2.45, 2.75) is 43.2 Å². The van der Waals surface area contributed by atoms with E-state index >= 15 is 0 Å². The first-order valence-corrected chi connectivity index (χ1v) is 11.8. The maximum Gasteiger partial charge on any atom is 0.0502 e. The van der Waals surface area contributed by atoms with Crippen molar-refractivity contribution in [3.05, 3.63) is 71.9 Å². The third-order valence-corrected chi connectivity index (χ3v) is 8.18. The molecule has 0 N–H and O–H groups in total. The predicted octanol–water partition coefficient (Wildman–Crippen LogP) is 6.60. The Kier molecular flexibility index (Phi) is 6.29. The van der Waals surface area contributed by atoms with Gasteiger partial charge in [0, 0.05) is 23.6 Å². The molecule has 136 valence electrons. The quantitative estimate of drug-likeness (QED) is 0.425. The third-order valence-electron chi connectivity index (χ3n) is 5.10. The first kappa shape index (κ1) is 18.1. The number of aryl methyl sites for hydroxylation is 1. The van der Waals surface area contributed by atoms with E-state index < -0.39 is 0 Å². The number of para-hydroxylation sites is 1. The Balaban J connectivity index is 1.41. The zero-order valence-electron chi connectivity index (χ0n) is 15.3. The molecule has 1 nitrogen and oxygen atoms in total. The molecule has 1 aliphatic rings. The van der Waals surface area contributed by atoms with Crippen molar-refractivity contribution in [1.29, 1.82) is 0 Å². The largest absolute Gasteiger partial charge is 0.343 e. The Bertz CT molecular complexity index is 819. The number of thioether (sulfide) groups is 2. The lowest BCUT2D eigenvalue weighted by atomic mass is 10.1. The SMILES string of the molecule is c1ccc(Cn2cc(CCCSC3CCCCS3)c3ccccc32)cc1. The van der Waals surface area contributed by atoms with Crippen LogP contribution in [0.4, 0.5) is 0 Å². The number of nitrogens with zero attached hydrogens (tertiary/aromatic N) is 1. The van der Waals surface area contributed by atoms with Gasteiger partial charge in [-0.25, -0.2) is 0 Å². The van der Waals surface area contributed by atoms with Gasteiger partial charge in [-0.05, 0) is 54.4 Å². The fourth-order valence-electron chi connectivity index (χ4n) is 3.75. The van der Waals surface area contributed by atoms with Crippen molar-refractivity contribution in [3.63, 3.8) is 0 Å². The first-order chi connectivity index (χ1) is 12.9. The van der Waals surface area contributed by atoms with E-state index in [1.54, 1.807) is 0 Å². The van der Waals surface area contributed by atoms with E-state index in [1.165, 1.54) is 65.6 Å². The molecule has 0 saturated carbocycles. The second-order valence-electron chi connectivity index (χ2n) is 7.06. The van der Waals surface area contributed by atoms with Crippen molar-refractivity contribution >= 4 is 34.4 Å². The van der Waals surface area contributed by atoms with Crippen LogP contribution in [0.5, 0.6) is 0 Å². The summed E-state index contributed by atoms with van der Waals surface area (Å²) in [7, 11) is 0. The smallest absolute Gasteiger partial charge is 0.0502 e. The number of benzene rings is 2. The van der Waals surface area contributed by atoms with Crippen LogP contribution in [0.1, 0.15) is 36.8 Å². The molecule has 1 unspecified atom stereocenters. The van der Waals surface area contributed by atoms with Crippen LogP contribution in [0.25, 0.3) is 10.9 Å². The number of hydrogen-bond acceptors (Lipinski definition) is 2. The molecule has 1 fully saturated rings. The molecule has 0 spiro atoms. The third kappa shape index (κ3) is 4.50. The molecule has 0 amide bonds. The highest BCUT2D eigenvalue weighted by molar-refractivity contribution is 8.17. The topological polar surface area (TPSA) is 4.93 Å². The van der Waals surface area contributed by atoms with Gasteiger partial charge in [0.15, 0.2) is 0 Å². The van der Waals surface area contributed by atoms with Crippen LogP contribution >= 0.6 is 23.5 Å². The lowest BCUT2D eigenvalue weighted by molar-refractivity contribution is 0.746. The first-order valence-electron chi connectivity index (χ1n) is 9.74. The van der Waals surface area contributed by atoms with Gasteiger partial charge in [0.2, 0.25) is 0 Å². The van der Waals surface area contributed by atoms with E-state index in [4.69, 9.17) is 0 Å². The van der Waals surface area contributed by atoms with Crippen LogP contribution in [0.3, 0.4) is 0 Å². The monoisotopic (exact) mass is 381 g/mol. The summed E-state index contributed by atoms with van der Waals surface area (Å²) in [5.74, 6) is 2.65. The Hall–Kier alpha value is -1.32. The summed E-state index contributed by atoms with van der Waals surface area (Å²) in [5.41, 5.74) is 4.24. The minimum atomic E-state index is 0.850. The molecule has 1 saturated heterocycles. The van der Waals surface area contributed by atoms with E-state index in [0.29, 0.717) is 0 Å². The lowest BCUT2D eigenvalue weighted by Gasteiger charge is -2.20. The molecular weight excluding hydrogens is 354 g/mol. The summed E-state index contributed by atoms with van der Waals surface area (Å²) in [6.45, 7) is 0.953.